The van der Waals surface area contributed by atoms with Crippen LogP contribution in [0.2, 0.25) is 0 Å². The average Bonchev–Trinajstić information content (AvgIpc) is 2.25. The summed E-state index contributed by atoms with van der Waals surface area (Å²) in [5.41, 5.74) is 0.383. The lowest BCUT2D eigenvalue weighted by molar-refractivity contribution is -0.00548. The summed E-state index contributed by atoms with van der Waals surface area (Å²) in [6.45, 7) is 1.60. The van der Waals surface area contributed by atoms with Gasteiger partial charge in [0.25, 0.3) is 10.1 Å². The quantitative estimate of drug-likeness (QED) is 0.759. The molecule has 3 nitrogen and oxygen atoms in total. The fourth-order valence-corrected chi connectivity index (χ4v) is 2.83. The maximum absolute atomic E-state index is 11.6. The maximum Gasteiger partial charge on any atom is 0.267 e. The van der Waals surface area contributed by atoms with Gasteiger partial charge in [0.2, 0.25) is 0 Å². The van der Waals surface area contributed by atoms with E-state index in [0.29, 0.717) is 0 Å². The van der Waals surface area contributed by atoms with Crippen molar-refractivity contribution in [2.45, 2.75) is 31.8 Å². The van der Waals surface area contributed by atoms with Crippen LogP contribution >= 0.6 is 0 Å². The van der Waals surface area contributed by atoms with Gasteiger partial charge in [-0.2, -0.15) is 8.42 Å². The summed E-state index contributed by atoms with van der Waals surface area (Å²) in [6, 6.07) is 9.62. The van der Waals surface area contributed by atoms with Crippen LogP contribution in [0.25, 0.3) is 0 Å². The molecule has 0 aliphatic heterocycles. The van der Waals surface area contributed by atoms with Crippen molar-refractivity contribution in [1.82, 2.24) is 0 Å². The minimum Gasteiger partial charge on any atom is -0.259 e. The Labute approximate surface area is 96.6 Å². The van der Waals surface area contributed by atoms with Crippen LogP contribution in [0.3, 0.4) is 0 Å². The Balaban J connectivity index is 2.28. The molecule has 0 aromatic heterocycles. The number of hydrogen-bond donors (Lipinski definition) is 0. The first-order valence-corrected chi connectivity index (χ1v) is 7.15. The summed E-state index contributed by atoms with van der Waals surface area (Å²) in [7, 11) is -3.39. The summed E-state index contributed by atoms with van der Waals surface area (Å²) in [6.07, 6.45) is 2.60. The van der Waals surface area contributed by atoms with Crippen LogP contribution in [0.15, 0.2) is 30.3 Å². The highest BCUT2D eigenvalue weighted by Crippen LogP contribution is 2.45. The van der Waals surface area contributed by atoms with Crippen LogP contribution < -0.4 is 0 Å². The van der Waals surface area contributed by atoms with E-state index < -0.39 is 15.7 Å². The molecule has 1 aromatic carbocycles. The number of rotatable bonds is 4. The standard InChI is InChI=1S/C12H16O3S/c1-2-16(13,14)15-12(9-6-10-12)11-7-4-3-5-8-11/h3-5,7-8H,2,6,9-10H2,1H3. The first-order valence-electron chi connectivity index (χ1n) is 5.57. The second-order valence-corrected chi connectivity index (χ2v) is 6.00. The molecule has 16 heavy (non-hydrogen) atoms. The lowest BCUT2D eigenvalue weighted by atomic mass is 9.75. The lowest BCUT2D eigenvalue weighted by Crippen LogP contribution is -2.39. The molecule has 2 rings (SSSR count). The second-order valence-electron chi connectivity index (χ2n) is 4.14. The van der Waals surface area contributed by atoms with E-state index in [2.05, 4.69) is 0 Å². The zero-order valence-corrected chi connectivity index (χ0v) is 10.2. The third-order valence-electron chi connectivity index (χ3n) is 3.10. The summed E-state index contributed by atoms with van der Waals surface area (Å²) in [5, 5.41) is 0. The van der Waals surface area contributed by atoms with E-state index in [9.17, 15) is 8.42 Å². The maximum atomic E-state index is 11.6. The van der Waals surface area contributed by atoms with Crippen LogP contribution in [0.1, 0.15) is 31.7 Å². The molecule has 4 heteroatoms. The smallest absolute Gasteiger partial charge is 0.259 e. The molecule has 1 aliphatic carbocycles. The molecule has 0 radical (unpaired) electrons. The molecular formula is C12H16O3S. The molecule has 0 N–H and O–H groups in total. The van der Waals surface area contributed by atoms with Gasteiger partial charge in [-0.15, -0.1) is 0 Å². The van der Waals surface area contributed by atoms with Gasteiger partial charge in [0.15, 0.2) is 0 Å². The highest BCUT2D eigenvalue weighted by atomic mass is 32.2. The summed E-state index contributed by atoms with van der Waals surface area (Å²) in [4.78, 5) is 0. The van der Waals surface area contributed by atoms with E-state index in [1.54, 1.807) is 6.92 Å². The summed E-state index contributed by atoms with van der Waals surface area (Å²) in [5.74, 6) is 0.0293. The molecule has 88 valence electrons. The molecule has 1 fully saturated rings. The Morgan fingerprint density at radius 3 is 2.31 bits per heavy atom. The van der Waals surface area contributed by atoms with Crippen molar-refractivity contribution < 1.29 is 12.6 Å². The molecule has 0 bridgehead atoms. The van der Waals surface area contributed by atoms with Crippen LogP contribution in [0, 0.1) is 0 Å². The molecule has 0 unspecified atom stereocenters. The Kier molecular flexibility index (Phi) is 3.04. The van der Waals surface area contributed by atoms with Gasteiger partial charge in [-0.05, 0) is 31.7 Å². The average molecular weight is 240 g/mol. The van der Waals surface area contributed by atoms with Gasteiger partial charge in [0, 0.05) is 0 Å². The predicted octanol–water partition coefficient (Wildman–Crippen LogP) is 2.43. The Hall–Kier alpha value is -0.870. The molecule has 0 spiro atoms. The van der Waals surface area contributed by atoms with E-state index in [1.165, 1.54) is 0 Å². The van der Waals surface area contributed by atoms with Crippen molar-refractivity contribution in [1.29, 1.82) is 0 Å². The van der Waals surface area contributed by atoms with Gasteiger partial charge < -0.3 is 0 Å². The van der Waals surface area contributed by atoms with Gasteiger partial charge in [-0.3, -0.25) is 4.18 Å². The first-order chi connectivity index (χ1) is 7.58. The van der Waals surface area contributed by atoms with Crippen molar-refractivity contribution in [3.8, 4) is 0 Å². The highest BCUT2D eigenvalue weighted by molar-refractivity contribution is 7.86. The molecule has 0 amide bonds. The molecule has 0 saturated heterocycles. The van der Waals surface area contributed by atoms with E-state index >= 15 is 0 Å². The van der Waals surface area contributed by atoms with Gasteiger partial charge in [0.1, 0.15) is 5.60 Å². The Bertz CT molecular complexity index is 446. The van der Waals surface area contributed by atoms with Gasteiger partial charge >= 0.3 is 0 Å². The van der Waals surface area contributed by atoms with E-state index in [1.807, 2.05) is 30.3 Å². The fourth-order valence-electron chi connectivity index (χ4n) is 1.96. The molecule has 1 aliphatic rings. The fraction of sp³-hybridized carbons (Fsp3) is 0.500. The predicted molar refractivity (Wildman–Crippen MR) is 62.5 cm³/mol. The molecule has 1 saturated carbocycles. The van der Waals surface area contributed by atoms with Crippen LogP contribution in [0.5, 0.6) is 0 Å². The number of benzene rings is 1. The normalized spacial score (nSPS) is 19.1. The van der Waals surface area contributed by atoms with Crippen LogP contribution in [0.4, 0.5) is 0 Å². The SMILES string of the molecule is CCS(=O)(=O)OC1(c2ccccc2)CCC1. The summed E-state index contributed by atoms with van der Waals surface area (Å²) >= 11 is 0. The van der Waals surface area contributed by atoms with Gasteiger partial charge in [0.05, 0.1) is 5.75 Å². The largest absolute Gasteiger partial charge is 0.267 e. The zero-order valence-electron chi connectivity index (χ0n) is 9.35. The molecular weight excluding hydrogens is 224 g/mol. The second kappa shape index (κ2) is 4.18. The first kappa shape index (κ1) is 11.6. The molecule has 1 aromatic rings. The van der Waals surface area contributed by atoms with Crippen molar-refractivity contribution >= 4 is 10.1 Å². The highest BCUT2D eigenvalue weighted by Gasteiger charge is 2.43. The van der Waals surface area contributed by atoms with E-state index in [0.717, 1.165) is 24.8 Å². The molecule has 0 heterocycles. The monoisotopic (exact) mass is 240 g/mol. The third kappa shape index (κ3) is 2.13. The van der Waals surface area contributed by atoms with Crippen LogP contribution in [-0.2, 0) is 19.9 Å². The minimum atomic E-state index is -3.39. The minimum absolute atomic E-state index is 0.0293. The van der Waals surface area contributed by atoms with Crippen molar-refractivity contribution in [2.24, 2.45) is 0 Å². The van der Waals surface area contributed by atoms with Crippen LogP contribution in [-0.4, -0.2) is 14.2 Å². The summed E-state index contributed by atoms with van der Waals surface area (Å²) < 4.78 is 28.5. The third-order valence-corrected chi connectivity index (χ3v) is 4.38. The number of hydrogen-bond acceptors (Lipinski definition) is 3. The van der Waals surface area contributed by atoms with Gasteiger partial charge in [-0.1, -0.05) is 30.3 Å². The Morgan fingerprint density at radius 2 is 1.88 bits per heavy atom. The van der Waals surface area contributed by atoms with Gasteiger partial charge in [-0.25, -0.2) is 0 Å². The van der Waals surface area contributed by atoms with Crippen molar-refractivity contribution in [2.75, 3.05) is 5.75 Å². The topological polar surface area (TPSA) is 43.4 Å². The van der Waals surface area contributed by atoms with Crippen molar-refractivity contribution in [3.63, 3.8) is 0 Å². The Morgan fingerprint density at radius 1 is 1.25 bits per heavy atom. The zero-order chi connectivity index (χ0) is 11.6. The van der Waals surface area contributed by atoms with E-state index in [-0.39, 0.29) is 5.75 Å². The van der Waals surface area contributed by atoms with Crippen molar-refractivity contribution in [3.05, 3.63) is 35.9 Å². The lowest BCUT2D eigenvalue weighted by Gasteiger charge is -2.40. The van der Waals surface area contributed by atoms with E-state index in [4.69, 9.17) is 4.18 Å². The molecule has 0 atom stereocenters.